The Morgan fingerprint density at radius 2 is 1.19 bits per heavy atom. The van der Waals surface area contributed by atoms with Crippen LogP contribution in [0.1, 0.15) is 38.8 Å². The van der Waals surface area contributed by atoms with Gasteiger partial charge in [-0.25, -0.2) is 0 Å². The molecule has 1 unspecified atom stereocenters. The molecule has 0 fully saturated rings. The van der Waals surface area contributed by atoms with Crippen LogP contribution in [0.2, 0.25) is 0 Å². The van der Waals surface area contributed by atoms with E-state index in [0.29, 0.717) is 6.04 Å². The van der Waals surface area contributed by atoms with E-state index in [9.17, 15) is 0 Å². The molecule has 1 heteroatoms. The maximum atomic E-state index is 2.54. The second-order valence-electron chi connectivity index (χ2n) is 5.83. The third-order valence-corrected chi connectivity index (χ3v) is 4.94. The highest BCUT2D eigenvalue weighted by molar-refractivity contribution is 5.40. The first-order valence-electron chi connectivity index (χ1n) is 7.99. The van der Waals surface area contributed by atoms with Crippen LogP contribution in [0.15, 0.2) is 60.7 Å². The molecule has 0 N–H and O–H groups in total. The zero-order valence-corrected chi connectivity index (χ0v) is 13.7. The lowest BCUT2D eigenvalue weighted by Crippen LogP contribution is -2.48. The minimum atomic E-state index is -0.00542. The third-order valence-electron chi connectivity index (χ3n) is 4.94. The standard InChI is InChI=1S/C20H27N/c1-5-21(6-2)17(3)20(4,18-13-9-7-10-14-18)19-15-11-8-12-16-19/h7-17H,5-6H2,1-4H3. The van der Waals surface area contributed by atoms with Crippen LogP contribution in [0, 0.1) is 0 Å². The second-order valence-corrected chi connectivity index (χ2v) is 5.83. The van der Waals surface area contributed by atoms with Crippen molar-refractivity contribution >= 4 is 0 Å². The lowest BCUT2D eigenvalue weighted by atomic mass is 9.70. The molecule has 0 amide bonds. The van der Waals surface area contributed by atoms with E-state index in [-0.39, 0.29) is 5.41 Å². The normalized spacial score (nSPS) is 13.4. The van der Waals surface area contributed by atoms with Gasteiger partial charge >= 0.3 is 0 Å². The van der Waals surface area contributed by atoms with Crippen LogP contribution in [-0.2, 0) is 5.41 Å². The summed E-state index contributed by atoms with van der Waals surface area (Å²) in [5.41, 5.74) is 2.76. The van der Waals surface area contributed by atoms with E-state index < -0.39 is 0 Å². The molecule has 2 aromatic rings. The van der Waals surface area contributed by atoms with Gasteiger partial charge in [0.15, 0.2) is 0 Å². The maximum Gasteiger partial charge on any atom is 0.0327 e. The first-order valence-corrected chi connectivity index (χ1v) is 7.99. The summed E-state index contributed by atoms with van der Waals surface area (Å²) in [6.45, 7) is 11.4. The smallest absolute Gasteiger partial charge is 0.0327 e. The number of hydrogen-bond acceptors (Lipinski definition) is 1. The van der Waals surface area contributed by atoms with Gasteiger partial charge in [-0.3, -0.25) is 4.90 Å². The van der Waals surface area contributed by atoms with Gasteiger partial charge in [0, 0.05) is 11.5 Å². The molecule has 112 valence electrons. The van der Waals surface area contributed by atoms with Gasteiger partial charge in [-0.1, -0.05) is 74.5 Å². The SMILES string of the molecule is CCN(CC)C(C)C(C)(c1ccccc1)c1ccccc1. The molecule has 0 radical (unpaired) electrons. The van der Waals surface area contributed by atoms with Crippen molar-refractivity contribution < 1.29 is 0 Å². The fourth-order valence-corrected chi connectivity index (χ4v) is 3.35. The molecule has 0 heterocycles. The average molecular weight is 281 g/mol. The highest BCUT2D eigenvalue weighted by atomic mass is 15.1. The van der Waals surface area contributed by atoms with Crippen molar-refractivity contribution in [1.29, 1.82) is 0 Å². The van der Waals surface area contributed by atoms with Gasteiger partial charge in [-0.05, 0) is 38.1 Å². The van der Waals surface area contributed by atoms with Crippen LogP contribution in [0.25, 0.3) is 0 Å². The molecule has 0 aliphatic carbocycles. The Bertz CT molecular complexity index is 489. The molecule has 0 aliphatic rings. The van der Waals surface area contributed by atoms with Crippen LogP contribution in [0.3, 0.4) is 0 Å². The molecule has 0 spiro atoms. The predicted octanol–water partition coefficient (Wildman–Crippen LogP) is 4.72. The molecule has 0 aromatic heterocycles. The van der Waals surface area contributed by atoms with Gasteiger partial charge in [-0.15, -0.1) is 0 Å². The van der Waals surface area contributed by atoms with E-state index in [1.807, 2.05) is 0 Å². The molecular weight excluding hydrogens is 254 g/mol. The number of nitrogens with zero attached hydrogens (tertiary/aromatic N) is 1. The summed E-state index contributed by atoms with van der Waals surface area (Å²) in [6, 6.07) is 22.2. The zero-order valence-electron chi connectivity index (χ0n) is 13.7. The molecule has 21 heavy (non-hydrogen) atoms. The van der Waals surface area contributed by atoms with E-state index >= 15 is 0 Å². The van der Waals surface area contributed by atoms with Crippen molar-refractivity contribution in [2.45, 2.75) is 39.2 Å². The fraction of sp³-hybridized carbons (Fsp3) is 0.400. The number of benzene rings is 2. The molecule has 0 aliphatic heterocycles. The topological polar surface area (TPSA) is 3.24 Å². The summed E-state index contributed by atoms with van der Waals surface area (Å²) in [7, 11) is 0. The highest BCUT2D eigenvalue weighted by Gasteiger charge is 2.37. The summed E-state index contributed by atoms with van der Waals surface area (Å²) in [5, 5.41) is 0. The Labute approximate surface area is 129 Å². The van der Waals surface area contributed by atoms with Gasteiger partial charge in [0.1, 0.15) is 0 Å². The van der Waals surface area contributed by atoms with Crippen LogP contribution in [0.4, 0.5) is 0 Å². The van der Waals surface area contributed by atoms with Crippen molar-refractivity contribution in [3.8, 4) is 0 Å². The Morgan fingerprint density at radius 1 is 0.810 bits per heavy atom. The number of likely N-dealkylation sites (N-methyl/N-ethyl adjacent to an activating group) is 1. The molecule has 0 bridgehead atoms. The van der Waals surface area contributed by atoms with Crippen LogP contribution in [0.5, 0.6) is 0 Å². The van der Waals surface area contributed by atoms with E-state index in [0.717, 1.165) is 13.1 Å². The summed E-state index contributed by atoms with van der Waals surface area (Å²) >= 11 is 0. The Balaban J connectivity index is 2.54. The van der Waals surface area contributed by atoms with Crippen molar-refractivity contribution in [2.75, 3.05) is 13.1 Å². The summed E-state index contributed by atoms with van der Waals surface area (Å²) in [4.78, 5) is 2.54. The summed E-state index contributed by atoms with van der Waals surface area (Å²) in [5.74, 6) is 0. The average Bonchev–Trinajstić information content (AvgIpc) is 2.56. The second kappa shape index (κ2) is 6.91. The maximum absolute atomic E-state index is 2.54. The van der Waals surface area contributed by atoms with Gasteiger partial charge in [0.25, 0.3) is 0 Å². The summed E-state index contributed by atoms with van der Waals surface area (Å²) < 4.78 is 0. The first-order chi connectivity index (χ1) is 10.1. The van der Waals surface area contributed by atoms with Crippen LogP contribution < -0.4 is 0 Å². The Morgan fingerprint density at radius 3 is 1.52 bits per heavy atom. The van der Waals surface area contributed by atoms with Crippen molar-refractivity contribution in [3.63, 3.8) is 0 Å². The molecule has 0 saturated carbocycles. The summed E-state index contributed by atoms with van der Waals surface area (Å²) in [6.07, 6.45) is 0. The van der Waals surface area contributed by atoms with Crippen LogP contribution in [-0.4, -0.2) is 24.0 Å². The van der Waals surface area contributed by atoms with Crippen LogP contribution >= 0.6 is 0 Å². The van der Waals surface area contributed by atoms with E-state index in [1.165, 1.54) is 11.1 Å². The largest absolute Gasteiger partial charge is 0.300 e. The lowest BCUT2D eigenvalue weighted by Gasteiger charge is -2.43. The van der Waals surface area contributed by atoms with E-state index in [4.69, 9.17) is 0 Å². The third kappa shape index (κ3) is 3.03. The molecule has 2 aromatic carbocycles. The fourth-order valence-electron chi connectivity index (χ4n) is 3.35. The molecule has 0 saturated heterocycles. The quantitative estimate of drug-likeness (QED) is 0.740. The van der Waals surface area contributed by atoms with Gasteiger partial charge in [-0.2, -0.15) is 0 Å². The Hall–Kier alpha value is -1.60. The van der Waals surface area contributed by atoms with Gasteiger partial charge in [0.2, 0.25) is 0 Å². The molecule has 1 nitrogen and oxygen atoms in total. The Kier molecular flexibility index (Phi) is 5.19. The monoisotopic (exact) mass is 281 g/mol. The van der Waals surface area contributed by atoms with Crippen molar-refractivity contribution in [2.24, 2.45) is 0 Å². The molecule has 1 atom stereocenters. The molecule has 2 rings (SSSR count). The molecular formula is C20H27N. The van der Waals surface area contributed by atoms with E-state index in [2.05, 4.69) is 93.3 Å². The van der Waals surface area contributed by atoms with Gasteiger partial charge < -0.3 is 0 Å². The highest BCUT2D eigenvalue weighted by Crippen LogP contribution is 2.37. The number of rotatable bonds is 6. The number of hydrogen-bond donors (Lipinski definition) is 0. The van der Waals surface area contributed by atoms with Gasteiger partial charge in [0.05, 0.1) is 0 Å². The minimum Gasteiger partial charge on any atom is -0.300 e. The minimum absolute atomic E-state index is 0.00542. The van der Waals surface area contributed by atoms with Crippen molar-refractivity contribution in [1.82, 2.24) is 4.90 Å². The first kappa shape index (κ1) is 15.8. The van der Waals surface area contributed by atoms with Crippen molar-refractivity contribution in [3.05, 3.63) is 71.8 Å². The lowest BCUT2D eigenvalue weighted by molar-refractivity contribution is 0.172. The van der Waals surface area contributed by atoms with E-state index in [1.54, 1.807) is 0 Å². The zero-order chi connectivity index (χ0) is 15.3. The predicted molar refractivity (Wildman–Crippen MR) is 91.7 cm³/mol.